The van der Waals surface area contributed by atoms with Crippen molar-refractivity contribution in [2.24, 2.45) is 0 Å². The molecule has 11 nitrogen and oxygen atoms in total. The van der Waals surface area contributed by atoms with Crippen molar-refractivity contribution < 1.29 is 44.9 Å². The minimum absolute atomic E-state index is 0. The number of rotatable bonds is 3. The molecule has 136 valence electrons. The lowest BCUT2D eigenvalue weighted by Crippen LogP contribution is -2.33. The fraction of sp³-hybridized carbons (Fsp3) is 0.778. The third kappa shape index (κ3) is 21.5. The van der Waals surface area contributed by atoms with Gasteiger partial charge in [0.2, 0.25) is 0 Å². The van der Waals surface area contributed by atoms with E-state index < -0.39 is 10.4 Å². The number of hydrogen-bond donors (Lipinski definition) is 2. The molecular weight excluding hydrogens is 312 g/mol. The molecule has 1 aliphatic rings. The van der Waals surface area contributed by atoms with Crippen LogP contribution in [0.5, 0.6) is 0 Å². The zero-order valence-corrected chi connectivity index (χ0v) is 13.2. The van der Waals surface area contributed by atoms with E-state index in [9.17, 15) is 0 Å². The Balaban J connectivity index is -0.0000000506. The van der Waals surface area contributed by atoms with Crippen LogP contribution in [0.2, 0.25) is 0 Å². The maximum absolute atomic E-state index is 8.74. The highest BCUT2D eigenvalue weighted by Crippen LogP contribution is 2.13. The van der Waals surface area contributed by atoms with Crippen molar-refractivity contribution in [2.45, 2.75) is 32.9 Å². The van der Waals surface area contributed by atoms with Crippen LogP contribution in [0, 0.1) is 0 Å². The molecular formula is C9H30N2O9S. The van der Waals surface area contributed by atoms with Crippen LogP contribution in [0.3, 0.4) is 0 Å². The normalized spacial score (nSPS) is 15.0. The smallest absolute Gasteiger partial charge is 0.394 e. The monoisotopic (exact) mass is 342 g/mol. The molecule has 0 fully saturated rings. The van der Waals surface area contributed by atoms with E-state index in [1.807, 2.05) is 0 Å². The van der Waals surface area contributed by atoms with Crippen molar-refractivity contribution in [1.29, 1.82) is 0 Å². The third-order valence-electron chi connectivity index (χ3n) is 2.33. The Labute approximate surface area is 125 Å². The van der Waals surface area contributed by atoms with E-state index in [2.05, 4.69) is 43.1 Å². The van der Waals surface area contributed by atoms with Crippen molar-refractivity contribution in [3.63, 3.8) is 0 Å². The van der Waals surface area contributed by atoms with Gasteiger partial charge in [-0.1, -0.05) is 13.3 Å². The summed E-state index contributed by atoms with van der Waals surface area (Å²) in [7, 11) is -2.55. The summed E-state index contributed by atoms with van der Waals surface area (Å²) in [6.45, 7) is 5.66. The molecule has 0 aromatic carbocycles. The van der Waals surface area contributed by atoms with E-state index in [-0.39, 0.29) is 27.4 Å². The molecule has 1 atom stereocenters. The second kappa shape index (κ2) is 17.1. The molecule has 1 unspecified atom stereocenters. The summed E-state index contributed by atoms with van der Waals surface area (Å²) in [6.07, 6.45) is 7.45. The molecule has 0 amide bonds. The summed E-state index contributed by atoms with van der Waals surface area (Å²) in [4.78, 5) is 4.61. The molecule has 0 aliphatic carbocycles. The van der Waals surface area contributed by atoms with Crippen LogP contribution in [0.15, 0.2) is 12.4 Å². The van der Waals surface area contributed by atoms with Crippen LogP contribution in [-0.2, 0) is 10.4 Å². The van der Waals surface area contributed by atoms with Gasteiger partial charge in [0.25, 0.3) is 0 Å². The van der Waals surface area contributed by atoms with Gasteiger partial charge in [-0.15, -0.1) is 0 Å². The standard InChI is InChI=1S/C9H18N2.H2O4S.5H2O/c1-4-5-6-11-8-7-10(3)9(11)2;1-5(2,3)4;;;;;/h7-9H,4-6H2,1-3H3;(H2,1,2,3,4);5*1H2. The van der Waals surface area contributed by atoms with Crippen molar-refractivity contribution in [1.82, 2.24) is 9.80 Å². The quantitative estimate of drug-likeness (QED) is 0.508. The van der Waals surface area contributed by atoms with E-state index in [0.29, 0.717) is 6.17 Å². The average molecular weight is 342 g/mol. The summed E-state index contributed by atoms with van der Waals surface area (Å²) in [5, 5.41) is 0. The molecule has 0 aromatic heterocycles. The number of unbranched alkanes of at least 4 members (excludes halogenated alkanes) is 1. The lowest BCUT2D eigenvalue weighted by Gasteiger charge is -2.26. The van der Waals surface area contributed by atoms with E-state index in [4.69, 9.17) is 17.5 Å². The minimum atomic E-state index is -4.67. The first kappa shape index (κ1) is 36.8. The molecule has 12 heteroatoms. The van der Waals surface area contributed by atoms with Gasteiger partial charge in [-0.3, -0.25) is 9.11 Å². The summed E-state index contributed by atoms with van der Waals surface area (Å²) in [5.74, 6) is 0. The fourth-order valence-electron chi connectivity index (χ4n) is 1.28. The van der Waals surface area contributed by atoms with E-state index >= 15 is 0 Å². The molecule has 12 N–H and O–H groups in total. The predicted octanol–water partition coefficient (Wildman–Crippen LogP) is -2.93. The molecule has 1 rings (SSSR count). The number of hydrogen-bond acceptors (Lipinski definition) is 4. The van der Waals surface area contributed by atoms with E-state index in [1.165, 1.54) is 19.4 Å². The van der Waals surface area contributed by atoms with Crippen LogP contribution < -0.4 is 0 Å². The van der Waals surface area contributed by atoms with Crippen LogP contribution in [0.25, 0.3) is 0 Å². The highest BCUT2D eigenvalue weighted by atomic mass is 32.3. The first-order valence-corrected chi connectivity index (χ1v) is 6.51. The van der Waals surface area contributed by atoms with Crippen molar-refractivity contribution >= 4 is 10.4 Å². The second-order valence-corrected chi connectivity index (χ2v) is 4.53. The van der Waals surface area contributed by atoms with E-state index in [1.54, 1.807) is 0 Å². The van der Waals surface area contributed by atoms with Gasteiger partial charge >= 0.3 is 10.4 Å². The Morgan fingerprint density at radius 1 is 1.05 bits per heavy atom. The predicted molar refractivity (Wildman–Crippen MR) is 80.2 cm³/mol. The van der Waals surface area contributed by atoms with Gasteiger partial charge < -0.3 is 37.2 Å². The van der Waals surface area contributed by atoms with Gasteiger partial charge in [-0.25, -0.2) is 0 Å². The lowest BCUT2D eigenvalue weighted by molar-refractivity contribution is 0.193. The first-order valence-electron chi connectivity index (χ1n) is 5.11. The van der Waals surface area contributed by atoms with Crippen LogP contribution in [0.4, 0.5) is 0 Å². The molecule has 1 heterocycles. The second-order valence-electron chi connectivity index (χ2n) is 3.63. The van der Waals surface area contributed by atoms with Crippen LogP contribution in [-0.4, -0.2) is 74.5 Å². The zero-order valence-electron chi connectivity index (χ0n) is 12.4. The van der Waals surface area contributed by atoms with Gasteiger partial charge in [0.15, 0.2) is 0 Å². The highest BCUT2D eigenvalue weighted by molar-refractivity contribution is 7.79. The van der Waals surface area contributed by atoms with Crippen LogP contribution in [0.1, 0.15) is 26.7 Å². The fourth-order valence-corrected chi connectivity index (χ4v) is 1.28. The van der Waals surface area contributed by atoms with Crippen molar-refractivity contribution in [2.75, 3.05) is 13.6 Å². The van der Waals surface area contributed by atoms with Crippen LogP contribution >= 0.6 is 0 Å². The first-order chi connectivity index (χ1) is 7.25. The van der Waals surface area contributed by atoms with Gasteiger partial charge in [0, 0.05) is 26.0 Å². The Kier molecular flexibility index (Phi) is 29.9. The van der Waals surface area contributed by atoms with Crippen molar-refractivity contribution in [3.8, 4) is 0 Å². The molecule has 0 bridgehead atoms. The Morgan fingerprint density at radius 3 is 1.67 bits per heavy atom. The topological polar surface area (TPSA) is 239 Å². The molecule has 0 saturated heterocycles. The molecule has 0 aromatic rings. The van der Waals surface area contributed by atoms with E-state index in [0.717, 1.165) is 0 Å². The van der Waals surface area contributed by atoms with Gasteiger partial charge in [0.05, 0.1) is 6.17 Å². The molecule has 0 spiro atoms. The number of nitrogens with zero attached hydrogens (tertiary/aromatic N) is 2. The zero-order chi connectivity index (χ0) is 12.8. The summed E-state index contributed by atoms with van der Waals surface area (Å²) >= 11 is 0. The maximum Gasteiger partial charge on any atom is 0.394 e. The Bertz CT molecular complexity index is 315. The minimum Gasteiger partial charge on any atom is -0.412 e. The van der Waals surface area contributed by atoms with Gasteiger partial charge in [-0.05, 0) is 13.3 Å². The SMILES string of the molecule is CCCCN1C=CN(C)C1C.O.O.O.O.O.O=S(=O)(O)O. The Morgan fingerprint density at radius 2 is 1.43 bits per heavy atom. The summed E-state index contributed by atoms with van der Waals surface area (Å²) < 4.78 is 31.6. The van der Waals surface area contributed by atoms with Gasteiger partial charge in [-0.2, -0.15) is 8.42 Å². The molecule has 0 radical (unpaired) electrons. The summed E-state index contributed by atoms with van der Waals surface area (Å²) in [6, 6.07) is 0. The largest absolute Gasteiger partial charge is 0.412 e. The Hall–Kier alpha value is -0.990. The molecule has 0 saturated carbocycles. The molecule has 21 heavy (non-hydrogen) atoms. The molecule has 1 aliphatic heterocycles. The highest BCUT2D eigenvalue weighted by Gasteiger charge is 2.16. The van der Waals surface area contributed by atoms with Crippen molar-refractivity contribution in [3.05, 3.63) is 12.4 Å². The maximum atomic E-state index is 8.74. The summed E-state index contributed by atoms with van der Waals surface area (Å²) in [5.41, 5.74) is 0. The lowest BCUT2D eigenvalue weighted by atomic mass is 10.3. The average Bonchev–Trinajstić information content (AvgIpc) is 2.42. The van der Waals surface area contributed by atoms with Gasteiger partial charge in [0.1, 0.15) is 0 Å². The third-order valence-corrected chi connectivity index (χ3v) is 2.33.